The standard InChI is InChI=1S/C13H18N4S/c1-4-11-8-18-12(17-11)5-6-14-13-10(3)15-7-9(2)16-13/h7-8H,4-6H2,1-3H3,(H,14,16). The molecule has 5 heteroatoms. The molecule has 0 spiro atoms. The van der Waals surface area contributed by atoms with Crippen molar-refractivity contribution in [1.29, 1.82) is 0 Å². The van der Waals surface area contributed by atoms with Gasteiger partial charge in [-0.3, -0.25) is 4.98 Å². The third kappa shape index (κ3) is 3.26. The van der Waals surface area contributed by atoms with Gasteiger partial charge in [0, 0.05) is 24.5 Å². The first-order chi connectivity index (χ1) is 8.69. The molecule has 18 heavy (non-hydrogen) atoms. The fourth-order valence-corrected chi connectivity index (χ4v) is 2.50. The minimum Gasteiger partial charge on any atom is -0.368 e. The predicted octanol–water partition coefficient (Wildman–Crippen LogP) is 2.77. The molecular formula is C13H18N4S. The number of nitrogens with zero attached hydrogens (tertiary/aromatic N) is 3. The molecule has 0 atom stereocenters. The zero-order valence-corrected chi connectivity index (χ0v) is 11.8. The summed E-state index contributed by atoms with van der Waals surface area (Å²) in [6, 6.07) is 0. The molecule has 4 nitrogen and oxygen atoms in total. The molecule has 0 aromatic carbocycles. The van der Waals surface area contributed by atoms with Gasteiger partial charge in [-0.2, -0.15) is 0 Å². The van der Waals surface area contributed by atoms with Crippen LogP contribution in [-0.4, -0.2) is 21.5 Å². The van der Waals surface area contributed by atoms with E-state index < -0.39 is 0 Å². The third-order valence-electron chi connectivity index (χ3n) is 2.67. The highest BCUT2D eigenvalue weighted by Crippen LogP contribution is 2.12. The lowest BCUT2D eigenvalue weighted by Gasteiger charge is -2.07. The van der Waals surface area contributed by atoms with Crippen molar-refractivity contribution in [2.24, 2.45) is 0 Å². The van der Waals surface area contributed by atoms with Crippen molar-refractivity contribution in [2.45, 2.75) is 33.6 Å². The fraction of sp³-hybridized carbons (Fsp3) is 0.462. The number of nitrogens with one attached hydrogen (secondary N) is 1. The van der Waals surface area contributed by atoms with Crippen LogP contribution in [0.5, 0.6) is 0 Å². The lowest BCUT2D eigenvalue weighted by molar-refractivity contribution is 0.943. The minimum atomic E-state index is 0.843. The second-order valence-electron chi connectivity index (χ2n) is 4.21. The Hall–Kier alpha value is -1.49. The third-order valence-corrected chi connectivity index (χ3v) is 3.63. The van der Waals surface area contributed by atoms with Crippen molar-refractivity contribution in [3.63, 3.8) is 0 Å². The Balaban J connectivity index is 1.90. The highest BCUT2D eigenvalue weighted by molar-refractivity contribution is 7.09. The molecule has 2 aromatic heterocycles. The van der Waals surface area contributed by atoms with Gasteiger partial charge < -0.3 is 5.32 Å². The van der Waals surface area contributed by atoms with Crippen LogP contribution in [0.2, 0.25) is 0 Å². The molecular weight excluding hydrogens is 244 g/mol. The van der Waals surface area contributed by atoms with Gasteiger partial charge in [-0.25, -0.2) is 9.97 Å². The first-order valence-corrected chi connectivity index (χ1v) is 7.04. The Morgan fingerprint density at radius 1 is 1.28 bits per heavy atom. The first kappa shape index (κ1) is 13.0. The van der Waals surface area contributed by atoms with Gasteiger partial charge in [0.05, 0.1) is 22.1 Å². The van der Waals surface area contributed by atoms with E-state index in [9.17, 15) is 0 Å². The number of hydrogen-bond acceptors (Lipinski definition) is 5. The zero-order valence-electron chi connectivity index (χ0n) is 11.0. The van der Waals surface area contributed by atoms with Crippen molar-refractivity contribution in [3.05, 3.63) is 33.7 Å². The Morgan fingerprint density at radius 3 is 2.83 bits per heavy atom. The summed E-state index contributed by atoms with van der Waals surface area (Å²) >= 11 is 1.73. The van der Waals surface area contributed by atoms with E-state index in [0.717, 1.165) is 36.6 Å². The SMILES string of the molecule is CCc1csc(CCNc2nc(C)cnc2C)n1. The summed E-state index contributed by atoms with van der Waals surface area (Å²) in [5.41, 5.74) is 3.06. The van der Waals surface area contributed by atoms with Crippen LogP contribution in [-0.2, 0) is 12.8 Å². The van der Waals surface area contributed by atoms with Crippen LogP contribution in [0.4, 0.5) is 5.82 Å². The van der Waals surface area contributed by atoms with Crippen LogP contribution in [0, 0.1) is 13.8 Å². The maximum absolute atomic E-state index is 4.54. The summed E-state index contributed by atoms with van der Waals surface area (Å²) in [7, 11) is 0. The predicted molar refractivity (Wildman–Crippen MR) is 75.2 cm³/mol. The van der Waals surface area contributed by atoms with E-state index in [4.69, 9.17) is 0 Å². The summed E-state index contributed by atoms with van der Waals surface area (Å²) in [6.07, 6.45) is 3.72. The van der Waals surface area contributed by atoms with Crippen molar-refractivity contribution in [3.8, 4) is 0 Å². The average molecular weight is 262 g/mol. The van der Waals surface area contributed by atoms with Crippen molar-refractivity contribution in [2.75, 3.05) is 11.9 Å². The van der Waals surface area contributed by atoms with E-state index in [2.05, 4.69) is 32.6 Å². The Morgan fingerprint density at radius 2 is 2.11 bits per heavy atom. The quantitative estimate of drug-likeness (QED) is 0.900. The molecule has 0 aliphatic heterocycles. The van der Waals surface area contributed by atoms with Crippen LogP contribution in [0.25, 0.3) is 0 Å². The Kier molecular flexibility index (Phi) is 4.25. The fourth-order valence-electron chi connectivity index (χ4n) is 1.62. The molecule has 0 unspecified atom stereocenters. The number of anilines is 1. The maximum atomic E-state index is 4.54. The molecule has 0 bridgehead atoms. The van der Waals surface area contributed by atoms with Gasteiger partial charge in [0.15, 0.2) is 0 Å². The lowest BCUT2D eigenvalue weighted by atomic mass is 10.3. The summed E-state index contributed by atoms with van der Waals surface area (Å²) < 4.78 is 0. The number of aryl methyl sites for hydroxylation is 3. The summed E-state index contributed by atoms with van der Waals surface area (Å²) in [5, 5.41) is 6.63. The molecule has 2 aromatic rings. The number of hydrogen-bond donors (Lipinski definition) is 1. The van der Waals surface area contributed by atoms with Gasteiger partial charge in [-0.15, -0.1) is 11.3 Å². The molecule has 0 saturated heterocycles. The molecule has 0 saturated carbocycles. The van der Waals surface area contributed by atoms with Gasteiger partial charge >= 0.3 is 0 Å². The lowest BCUT2D eigenvalue weighted by Crippen LogP contribution is -2.09. The molecule has 0 radical (unpaired) electrons. The minimum absolute atomic E-state index is 0.843. The van der Waals surface area contributed by atoms with E-state index in [1.165, 1.54) is 10.7 Å². The number of rotatable bonds is 5. The van der Waals surface area contributed by atoms with Crippen LogP contribution in [0.1, 0.15) is 29.0 Å². The molecule has 0 fully saturated rings. The molecule has 0 aliphatic carbocycles. The number of thiazole rings is 1. The maximum Gasteiger partial charge on any atom is 0.147 e. The molecule has 96 valence electrons. The summed E-state index contributed by atoms with van der Waals surface area (Å²) in [5.74, 6) is 0.877. The van der Waals surface area contributed by atoms with Crippen molar-refractivity contribution in [1.82, 2.24) is 15.0 Å². The van der Waals surface area contributed by atoms with Gasteiger partial charge in [0.1, 0.15) is 5.82 Å². The van der Waals surface area contributed by atoms with Crippen LogP contribution >= 0.6 is 11.3 Å². The normalized spacial score (nSPS) is 10.6. The first-order valence-electron chi connectivity index (χ1n) is 6.16. The number of aromatic nitrogens is 3. The summed E-state index contributed by atoms with van der Waals surface area (Å²) in [6.45, 7) is 6.89. The van der Waals surface area contributed by atoms with E-state index in [-0.39, 0.29) is 0 Å². The molecule has 1 N–H and O–H groups in total. The average Bonchev–Trinajstić information content (AvgIpc) is 2.81. The van der Waals surface area contributed by atoms with Gasteiger partial charge in [0.25, 0.3) is 0 Å². The zero-order chi connectivity index (χ0) is 13.0. The van der Waals surface area contributed by atoms with E-state index in [0.29, 0.717) is 0 Å². The molecule has 2 heterocycles. The smallest absolute Gasteiger partial charge is 0.147 e. The van der Waals surface area contributed by atoms with E-state index in [1.54, 1.807) is 17.5 Å². The molecule has 2 rings (SSSR count). The molecule has 0 aliphatic rings. The topological polar surface area (TPSA) is 50.7 Å². The highest BCUT2D eigenvalue weighted by Gasteiger charge is 2.03. The van der Waals surface area contributed by atoms with Crippen molar-refractivity contribution >= 4 is 17.2 Å². The van der Waals surface area contributed by atoms with Crippen LogP contribution in [0.15, 0.2) is 11.6 Å². The van der Waals surface area contributed by atoms with Crippen LogP contribution in [0.3, 0.4) is 0 Å². The molecule has 0 amide bonds. The Labute approximate surface area is 112 Å². The monoisotopic (exact) mass is 262 g/mol. The largest absolute Gasteiger partial charge is 0.368 e. The summed E-state index contributed by atoms with van der Waals surface area (Å²) in [4.78, 5) is 13.3. The van der Waals surface area contributed by atoms with Crippen LogP contribution < -0.4 is 5.32 Å². The Bertz CT molecular complexity index is 521. The van der Waals surface area contributed by atoms with E-state index in [1.807, 2.05) is 13.8 Å². The second-order valence-corrected chi connectivity index (χ2v) is 5.15. The van der Waals surface area contributed by atoms with E-state index >= 15 is 0 Å². The second kappa shape index (κ2) is 5.91. The van der Waals surface area contributed by atoms with Gasteiger partial charge in [0.2, 0.25) is 0 Å². The van der Waals surface area contributed by atoms with Crippen molar-refractivity contribution < 1.29 is 0 Å². The van der Waals surface area contributed by atoms with Gasteiger partial charge in [-0.05, 0) is 20.3 Å². The highest BCUT2D eigenvalue weighted by atomic mass is 32.1. The van der Waals surface area contributed by atoms with Gasteiger partial charge in [-0.1, -0.05) is 6.92 Å².